The Morgan fingerprint density at radius 2 is 2.00 bits per heavy atom. The monoisotopic (exact) mass is 372 g/mol. The molecule has 3 heterocycles. The van der Waals surface area contributed by atoms with E-state index in [1.807, 2.05) is 6.07 Å². The summed E-state index contributed by atoms with van der Waals surface area (Å²) < 4.78 is 40.3. The van der Waals surface area contributed by atoms with E-state index >= 15 is 0 Å². The number of carbonyl (C=O) groups is 1. The minimum Gasteiger partial charge on any atom is -0.334 e. The van der Waals surface area contributed by atoms with E-state index in [0.29, 0.717) is 29.8 Å². The van der Waals surface area contributed by atoms with Crippen LogP contribution in [0.15, 0.2) is 55.0 Å². The number of benzene rings is 1. The van der Waals surface area contributed by atoms with Crippen molar-refractivity contribution in [3.05, 3.63) is 77.4 Å². The minimum atomic E-state index is -4.40. The summed E-state index contributed by atoms with van der Waals surface area (Å²) in [6, 6.07) is 8.67. The Morgan fingerprint density at radius 3 is 2.74 bits per heavy atom. The first-order chi connectivity index (χ1) is 12.9. The van der Waals surface area contributed by atoms with E-state index in [1.54, 1.807) is 40.3 Å². The van der Waals surface area contributed by atoms with Crippen molar-refractivity contribution in [1.82, 2.24) is 19.7 Å². The third-order valence-electron chi connectivity index (χ3n) is 4.47. The molecule has 0 bridgehead atoms. The number of halogens is 3. The third-order valence-corrected chi connectivity index (χ3v) is 4.47. The average molecular weight is 372 g/mol. The average Bonchev–Trinajstić information content (AvgIpc) is 3.10. The molecule has 0 radical (unpaired) electrons. The van der Waals surface area contributed by atoms with Crippen LogP contribution < -0.4 is 0 Å². The summed E-state index contributed by atoms with van der Waals surface area (Å²) in [7, 11) is 0. The maximum atomic E-state index is 12.9. The van der Waals surface area contributed by atoms with E-state index in [4.69, 9.17) is 0 Å². The summed E-state index contributed by atoms with van der Waals surface area (Å²) in [4.78, 5) is 18.4. The Balaban J connectivity index is 1.57. The van der Waals surface area contributed by atoms with Crippen molar-refractivity contribution in [3.8, 4) is 5.69 Å². The van der Waals surface area contributed by atoms with Crippen molar-refractivity contribution in [2.45, 2.75) is 19.1 Å². The Bertz CT molecular complexity index is 982. The second kappa shape index (κ2) is 6.53. The number of alkyl halides is 3. The van der Waals surface area contributed by atoms with Crippen LogP contribution in [0, 0.1) is 0 Å². The molecular weight excluding hydrogens is 357 g/mol. The number of fused-ring (bicyclic) bond motifs is 1. The first kappa shape index (κ1) is 17.3. The molecule has 0 saturated carbocycles. The highest BCUT2D eigenvalue weighted by Crippen LogP contribution is 2.30. The van der Waals surface area contributed by atoms with Gasteiger partial charge in [-0.05, 0) is 29.8 Å². The number of pyridine rings is 1. The Morgan fingerprint density at radius 1 is 1.15 bits per heavy atom. The lowest BCUT2D eigenvalue weighted by Crippen LogP contribution is -2.36. The van der Waals surface area contributed by atoms with Gasteiger partial charge in [-0.2, -0.15) is 18.3 Å². The summed E-state index contributed by atoms with van der Waals surface area (Å²) in [6.07, 6.45) is 1.08. The fourth-order valence-corrected chi connectivity index (χ4v) is 3.12. The smallest absolute Gasteiger partial charge is 0.334 e. The molecule has 0 spiro atoms. The highest BCUT2D eigenvalue weighted by molar-refractivity contribution is 5.96. The molecule has 1 amide bonds. The SMILES string of the molecule is O=C1c2cn(-c3cccnc3)nc2CCN1Cc1cccc(C(F)(F)F)c1. The predicted molar refractivity (Wildman–Crippen MR) is 91.2 cm³/mol. The number of aromatic nitrogens is 3. The van der Waals surface area contributed by atoms with E-state index in [2.05, 4.69) is 10.1 Å². The van der Waals surface area contributed by atoms with Crippen LogP contribution in [0.3, 0.4) is 0 Å². The topological polar surface area (TPSA) is 51.0 Å². The zero-order valence-electron chi connectivity index (χ0n) is 14.1. The molecule has 4 rings (SSSR count). The number of hydrogen-bond donors (Lipinski definition) is 0. The van der Waals surface area contributed by atoms with Crippen molar-refractivity contribution >= 4 is 5.91 Å². The molecule has 3 aromatic rings. The first-order valence-corrected chi connectivity index (χ1v) is 8.36. The van der Waals surface area contributed by atoms with Gasteiger partial charge in [-0.25, -0.2) is 4.68 Å². The van der Waals surface area contributed by atoms with E-state index in [9.17, 15) is 18.0 Å². The molecule has 0 fully saturated rings. The summed E-state index contributed by atoms with van der Waals surface area (Å²) >= 11 is 0. The summed E-state index contributed by atoms with van der Waals surface area (Å²) in [5, 5.41) is 4.44. The number of nitrogens with zero attached hydrogens (tertiary/aromatic N) is 4. The number of carbonyl (C=O) groups excluding carboxylic acids is 1. The maximum absolute atomic E-state index is 12.9. The number of rotatable bonds is 3. The summed E-state index contributed by atoms with van der Waals surface area (Å²) in [6.45, 7) is 0.534. The van der Waals surface area contributed by atoms with Crippen molar-refractivity contribution < 1.29 is 18.0 Å². The first-order valence-electron chi connectivity index (χ1n) is 8.36. The lowest BCUT2D eigenvalue weighted by atomic mass is 10.1. The molecule has 5 nitrogen and oxygen atoms in total. The van der Waals surface area contributed by atoms with Crippen molar-refractivity contribution in [3.63, 3.8) is 0 Å². The zero-order chi connectivity index (χ0) is 19.0. The number of hydrogen-bond acceptors (Lipinski definition) is 3. The van der Waals surface area contributed by atoms with Gasteiger partial charge in [0, 0.05) is 31.9 Å². The highest BCUT2D eigenvalue weighted by Gasteiger charge is 2.31. The van der Waals surface area contributed by atoms with Gasteiger partial charge in [0.25, 0.3) is 5.91 Å². The van der Waals surface area contributed by atoms with Gasteiger partial charge in [-0.15, -0.1) is 0 Å². The molecule has 2 aromatic heterocycles. The summed E-state index contributed by atoms with van der Waals surface area (Å²) in [5.41, 5.74) is 1.63. The quantitative estimate of drug-likeness (QED) is 0.707. The van der Waals surface area contributed by atoms with Crippen molar-refractivity contribution in [2.75, 3.05) is 6.54 Å². The van der Waals surface area contributed by atoms with Gasteiger partial charge < -0.3 is 4.90 Å². The Labute approximate surface area is 153 Å². The number of amides is 1. The van der Waals surface area contributed by atoms with E-state index in [0.717, 1.165) is 17.8 Å². The molecule has 138 valence electrons. The van der Waals surface area contributed by atoms with Gasteiger partial charge in [-0.3, -0.25) is 9.78 Å². The Kier molecular flexibility index (Phi) is 4.18. The summed E-state index contributed by atoms with van der Waals surface area (Å²) in [5.74, 6) is -0.233. The normalized spacial score (nSPS) is 14.3. The van der Waals surface area contributed by atoms with Gasteiger partial charge in [0.2, 0.25) is 0 Å². The fourth-order valence-electron chi connectivity index (χ4n) is 3.12. The van der Waals surface area contributed by atoms with Crippen LogP contribution >= 0.6 is 0 Å². The van der Waals surface area contributed by atoms with Crippen molar-refractivity contribution in [2.24, 2.45) is 0 Å². The highest BCUT2D eigenvalue weighted by atomic mass is 19.4. The van der Waals surface area contributed by atoms with Crippen LogP contribution in [0.2, 0.25) is 0 Å². The third kappa shape index (κ3) is 3.42. The second-order valence-corrected chi connectivity index (χ2v) is 6.32. The van der Waals surface area contributed by atoms with Gasteiger partial charge in [-0.1, -0.05) is 12.1 Å². The van der Waals surface area contributed by atoms with Crippen LogP contribution in [0.5, 0.6) is 0 Å². The van der Waals surface area contributed by atoms with E-state index in [1.165, 1.54) is 6.07 Å². The molecule has 27 heavy (non-hydrogen) atoms. The largest absolute Gasteiger partial charge is 0.416 e. The van der Waals surface area contributed by atoms with Crippen LogP contribution in [0.4, 0.5) is 13.2 Å². The maximum Gasteiger partial charge on any atom is 0.416 e. The van der Waals surface area contributed by atoms with Gasteiger partial charge in [0.05, 0.1) is 28.7 Å². The molecule has 0 saturated heterocycles. The molecule has 0 N–H and O–H groups in total. The van der Waals surface area contributed by atoms with Gasteiger partial charge in [0.15, 0.2) is 0 Å². The van der Waals surface area contributed by atoms with Crippen LogP contribution in [0.25, 0.3) is 5.69 Å². The molecule has 0 unspecified atom stereocenters. The molecule has 0 atom stereocenters. The fraction of sp³-hybridized carbons (Fsp3) is 0.211. The standard InChI is InChI=1S/C19H15F3N4O/c20-19(21,22)14-4-1-3-13(9-14)11-25-8-6-17-16(18(25)27)12-26(24-17)15-5-2-7-23-10-15/h1-5,7,9-10,12H,6,8,11H2. The van der Waals surface area contributed by atoms with E-state index in [-0.39, 0.29) is 12.5 Å². The van der Waals surface area contributed by atoms with E-state index < -0.39 is 11.7 Å². The van der Waals surface area contributed by atoms with Crippen LogP contribution in [-0.2, 0) is 19.1 Å². The van der Waals surface area contributed by atoms with Gasteiger partial charge >= 0.3 is 6.18 Å². The predicted octanol–water partition coefficient (Wildman–Crippen LogP) is 3.48. The molecule has 8 heteroatoms. The lowest BCUT2D eigenvalue weighted by Gasteiger charge is -2.26. The Hall–Kier alpha value is -3.16. The molecule has 0 aliphatic carbocycles. The second-order valence-electron chi connectivity index (χ2n) is 6.32. The molecule has 1 aliphatic heterocycles. The van der Waals surface area contributed by atoms with Crippen LogP contribution in [0.1, 0.15) is 27.2 Å². The molecule has 1 aromatic carbocycles. The van der Waals surface area contributed by atoms with Crippen LogP contribution in [-0.4, -0.2) is 32.1 Å². The minimum absolute atomic E-state index is 0.125. The van der Waals surface area contributed by atoms with Crippen molar-refractivity contribution in [1.29, 1.82) is 0 Å². The zero-order valence-corrected chi connectivity index (χ0v) is 14.1. The molecular formula is C19H15F3N4O. The lowest BCUT2D eigenvalue weighted by molar-refractivity contribution is -0.137. The van der Waals surface area contributed by atoms with Gasteiger partial charge in [0.1, 0.15) is 0 Å². The molecule has 1 aliphatic rings.